The first-order valence-electron chi connectivity index (χ1n) is 18.7. The summed E-state index contributed by atoms with van der Waals surface area (Å²) >= 11 is 6.32. The van der Waals surface area contributed by atoms with E-state index in [1.54, 1.807) is 52.0 Å². The second kappa shape index (κ2) is 16.7. The fourth-order valence-corrected chi connectivity index (χ4v) is 8.67. The molecule has 294 valence electrons. The van der Waals surface area contributed by atoms with Crippen molar-refractivity contribution in [2.45, 2.75) is 127 Å². The summed E-state index contributed by atoms with van der Waals surface area (Å²) in [6, 6.07) is 3.20. The minimum absolute atomic E-state index is 0.0456. The molecule has 4 unspecified atom stereocenters. The maximum Gasteiger partial charge on any atom is 0.408 e. The molecule has 3 aliphatic rings. The predicted octanol–water partition coefficient (Wildman–Crippen LogP) is 5.51. The van der Waals surface area contributed by atoms with Crippen LogP contribution in [-0.2, 0) is 35.6 Å². The lowest BCUT2D eigenvalue weighted by Crippen LogP contribution is -2.62. The predicted molar refractivity (Wildman–Crippen MR) is 206 cm³/mol. The molecule has 2 aliphatic heterocycles. The summed E-state index contributed by atoms with van der Waals surface area (Å²) in [5.41, 5.74) is -0.0699. The van der Waals surface area contributed by atoms with Crippen molar-refractivity contribution >= 4 is 56.3 Å². The Morgan fingerprint density at radius 1 is 1.20 bits per heavy atom. The number of carbonyl (C=O) groups excluding carboxylic acids is 4. The van der Waals surface area contributed by atoms with E-state index in [9.17, 15) is 32.7 Å². The quantitative estimate of drug-likeness (QED) is 0.238. The zero-order valence-electron chi connectivity index (χ0n) is 31.5. The Kier molecular flexibility index (Phi) is 12.7. The smallest absolute Gasteiger partial charge is 0.408 e. The third kappa shape index (κ3) is 9.19. The van der Waals surface area contributed by atoms with Crippen LogP contribution in [0.2, 0.25) is 5.02 Å². The molecule has 1 aliphatic carbocycles. The standard InChI is InChI=1S/C39H52ClN5O8S/c1-6-39(36(49)44-54(51,52)38(5)19-20-38)18-12-10-8-7-9-11-13-31(42-37(50)53-24(2)3)35(48)45-23-26(21-32(45)34(47)43-39)14-16-28-29-22-27(40)15-17-30(29)41-25(4)33(28)46/h6,10,12,15,17,22,24,26,31-32,46H,1,7-9,11,13-14,16,18-21,23H2,2-5H3,(H,42,50)(H,43,47)(H,44,49). The van der Waals surface area contributed by atoms with Gasteiger partial charge in [-0.05, 0) is 103 Å². The largest absolute Gasteiger partial charge is 0.506 e. The summed E-state index contributed by atoms with van der Waals surface area (Å²) in [6.45, 7) is 10.7. The molecule has 2 fully saturated rings. The lowest BCUT2D eigenvalue weighted by molar-refractivity contribution is -0.141. The van der Waals surface area contributed by atoms with Crippen molar-refractivity contribution < 1.29 is 37.4 Å². The molecule has 4 amide bonds. The van der Waals surface area contributed by atoms with Crippen molar-refractivity contribution in [2.24, 2.45) is 5.92 Å². The van der Waals surface area contributed by atoms with Gasteiger partial charge in [-0.25, -0.2) is 18.2 Å². The number of nitrogens with one attached hydrogen (secondary N) is 3. The Bertz CT molecular complexity index is 1930. The molecular weight excluding hydrogens is 734 g/mol. The number of hydrogen-bond donors (Lipinski definition) is 4. The van der Waals surface area contributed by atoms with Crippen LogP contribution in [0, 0.1) is 12.8 Å². The third-order valence-electron chi connectivity index (χ3n) is 10.8. The highest BCUT2D eigenvalue weighted by atomic mass is 35.5. The SMILES string of the molecule is C=CC1(C(=O)NS(=O)(=O)C2(C)CC2)CC=CCCCCCC(NC(=O)OC(C)C)C(=O)N2CC(CCc3c(O)c(C)nc4ccc(Cl)cc34)CC2C(=O)N1. The number of aromatic hydroxyl groups is 1. The molecule has 5 rings (SSSR count). The number of rotatable bonds is 9. The number of sulfonamides is 1. The molecule has 1 saturated heterocycles. The Hall–Kier alpha value is -4.17. The summed E-state index contributed by atoms with van der Waals surface area (Å²) in [5.74, 6) is -2.27. The van der Waals surface area contributed by atoms with Gasteiger partial charge in [0.25, 0.3) is 5.91 Å². The number of alkyl carbamates (subject to hydrolysis) is 1. The number of aryl methyl sites for hydroxylation is 2. The van der Waals surface area contributed by atoms with Crippen molar-refractivity contribution in [3.63, 3.8) is 0 Å². The topological polar surface area (TPSA) is 184 Å². The van der Waals surface area contributed by atoms with E-state index in [4.69, 9.17) is 16.3 Å². The Balaban J connectivity index is 1.48. The second-order valence-corrected chi connectivity index (χ2v) is 18.0. The molecule has 4 atom stereocenters. The third-order valence-corrected chi connectivity index (χ3v) is 13.2. The number of carbonyl (C=O) groups is 4. The highest BCUT2D eigenvalue weighted by Crippen LogP contribution is 2.42. The molecule has 54 heavy (non-hydrogen) atoms. The number of hydrogen-bond acceptors (Lipinski definition) is 9. The van der Waals surface area contributed by atoms with Gasteiger partial charge < -0.3 is 25.4 Å². The number of pyridine rings is 1. The van der Waals surface area contributed by atoms with E-state index in [0.717, 1.165) is 12.8 Å². The van der Waals surface area contributed by atoms with Crippen LogP contribution in [-0.4, -0.2) is 82.2 Å². The van der Waals surface area contributed by atoms with Crippen LogP contribution in [0.3, 0.4) is 0 Å². The molecule has 0 bridgehead atoms. The fourth-order valence-electron chi connectivity index (χ4n) is 7.19. The molecular formula is C39H52ClN5O8S. The van der Waals surface area contributed by atoms with Crippen molar-refractivity contribution in [3.05, 3.63) is 59.3 Å². The average molecular weight is 786 g/mol. The molecule has 15 heteroatoms. The van der Waals surface area contributed by atoms with Crippen LogP contribution >= 0.6 is 11.6 Å². The zero-order chi connectivity index (χ0) is 39.4. The number of aromatic nitrogens is 1. The summed E-state index contributed by atoms with van der Waals surface area (Å²) in [4.78, 5) is 61.6. The van der Waals surface area contributed by atoms with Gasteiger partial charge >= 0.3 is 6.09 Å². The molecule has 4 N–H and O–H groups in total. The molecule has 0 spiro atoms. The van der Waals surface area contributed by atoms with Gasteiger partial charge in [0.2, 0.25) is 21.8 Å². The van der Waals surface area contributed by atoms with Gasteiger partial charge in [0.05, 0.1) is 22.1 Å². The number of amides is 4. The summed E-state index contributed by atoms with van der Waals surface area (Å²) in [5, 5.41) is 17.8. The highest BCUT2D eigenvalue weighted by molar-refractivity contribution is 7.91. The van der Waals surface area contributed by atoms with Crippen LogP contribution in [0.5, 0.6) is 5.75 Å². The lowest BCUT2D eigenvalue weighted by Gasteiger charge is -2.34. The van der Waals surface area contributed by atoms with Gasteiger partial charge in [0.15, 0.2) is 0 Å². The van der Waals surface area contributed by atoms with E-state index in [1.807, 2.05) is 6.08 Å². The second-order valence-electron chi connectivity index (χ2n) is 15.3. The maximum atomic E-state index is 14.5. The van der Waals surface area contributed by atoms with Crippen LogP contribution in [0.4, 0.5) is 4.79 Å². The molecule has 2 aromatic rings. The Morgan fingerprint density at radius 3 is 2.63 bits per heavy atom. The zero-order valence-corrected chi connectivity index (χ0v) is 33.0. The minimum atomic E-state index is -4.06. The van der Waals surface area contributed by atoms with Gasteiger partial charge in [0.1, 0.15) is 23.4 Å². The van der Waals surface area contributed by atoms with Gasteiger partial charge in [-0.2, -0.15) is 0 Å². The molecule has 1 aromatic heterocycles. The first-order valence-corrected chi connectivity index (χ1v) is 20.6. The van der Waals surface area contributed by atoms with Gasteiger partial charge in [0, 0.05) is 28.9 Å². The Labute approximate surface area is 322 Å². The Morgan fingerprint density at radius 2 is 1.94 bits per heavy atom. The normalized spacial score (nSPS) is 24.9. The van der Waals surface area contributed by atoms with Gasteiger partial charge in [-0.15, -0.1) is 6.58 Å². The summed E-state index contributed by atoms with van der Waals surface area (Å²) in [7, 11) is -4.06. The molecule has 1 aromatic carbocycles. The van der Waals surface area contributed by atoms with Crippen molar-refractivity contribution in [3.8, 4) is 5.75 Å². The fraction of sp³-hybridized carbons (Fsp3) is 0.564. The lowest BCUT2D eigenvalue weighted by atomic mass is 9.92. The van der Waals surface area contributed by atoms with Gasteiger partial charge in [-0.1, -0.05) is 42.7 Å². The number of ether oxygens (including phenoxy) is 1. The van der Waals surface area contributed by atoms with Crippen LogP contribution in [0.25, 0.3) is 10.9 Å². The van der Waals surface area contributed by atoms with E-state index in [1.165, 1.54) is 11.0 Å². The minimum Gasteiger partial charge on any atom is -0.506 e. The highest BCUT2D eigenvalue weighted by Gasteiger charge is 2.53. The van der Waals surface area contributed by atoms with Crippen molar-refractivity contribution in [2.75, 3.05) is 6.54 Å². The molecule has 3 heterocycles. The maximum absolute atomic E-state index is 14.5. The number of fused-ring (bicyclic) bond motifs is 2. The number of halogens is 1. The number of benzene rings is 1. The first kappa shape index (κ1) is 41.0. The van der Waals surface area contributed by atoms with Crippen LogP contribution in [0.15, 0.2) is 43.0 Å². The molecule has 13 nitrogen and oxygen atoms in total. The monoisotopic (exact) mass is 785 g/mol. The summed E-state index contributed by atoms with van der Waals surface area (Å²) in [6.07, 6.45) is 8.56. The van der Waals surface area contributed by atoms with E-state index in [0.29, 0.717) is 72.1 Å². The van der Waals surface area contributed by atoms with Crippen LogP contribution < -0.4 is 15.4 Å². The van der Waals surface area contributed by atoms with E-state index in [-0.39, 0.29) is 31.1 Å². The summed E-state index contributed by atoms with van der Waals surface area (Å²) < 4.78 is 32.8. The van der Waals surface area contributed by atoms with E-state index < -0.39 is 62.3 Å². The van der Waals surface area contributed by atoms with E-state index >= 15 is 0 Å². The van der Waals surface area contributed by atoms with Crippen LogP contribution in [0.1, 0.15) is 96.2 Å². The first-order chi connectivity index (χ1) is 25.5. The average Bonchev–Trinajstić information content (AvgIpc) is 3.73. The number of nitrogens with zero attached hydrogens (tertiary/aromatic N) is 2. The van der Waals surface area contributed by atoms with Crippen molar-refractivity contribution in [1.82, 2.24) is 25.2 Å². The molecule has 0 radical (unpaired) electrons. The number of allylic oxidation sites excluding steroid dienone is 1. The van der Waals surface area contributed by atoms with Crippen molar-refractivity contribution in [1.29, 1.82) is 0 Å². The van der Waals surface area contributed by atoms with E-state index in [2.05, 4.69) is 26.9 Å². The van der Waals surface area contributed by atoms with Gasteiger partial charge in [-0.3, -0.25) is 19.1 Å². The molecule has 1 saturated carbocycles.